The van der Waals surface area contributed by atoms with Crippen molar-refractivity contribution in [2.75, 3.05) is 11.9 Å². The summed E-state index contributed by atoms with van der Waals surface area (Å²) >= 11 is 0. The molecule has 1 aliphatic heterocycles. The van der Waals surface area contributed by atoms with Crippen LogP contribution in [0.1, 0.15) is 6.92 Å². The third kappa shape index (κ3) is 3.85. The summed E-state index contributed by atoms with van der Waals surface area (Å²) < 4.78 is 1.93. The topological polar surface area (TPSA) is 99.7 Å². The quantitative estimate of drug-likeness (QED) is 0.384. The van der Waals surface area contributed by atoms with Crippen LogP contribution in [0.15, 0.2) is 79.0 Å². The van der Waals surface area contributed by atoms with E-state index in [4.69, 9.17) is 5.10 Å². The van der Waals surface area contributed by atoms with Crippen molar-refractivity contribution in [3.05, 3.63) is 79.0 Å². The zero-order valence-electron chi connectivity index (χ0n) is 17.6. The Morgan fingerprint density at radius 2 is 2.00 bits per heavy atom. The molecule has 0 bridgehead atoms. The number of aryl methyl sites for hydroxylation is 1. The van der Waals surface area contributed by atoms with Crippen LogP contribution in [0.25, 0.3) is 33.4 Å². The molecule has 0 aliphatic carbocycles. The van der Waals surface area contributed by atoms with E-state index in [0.29, 0.717) is 12.2 Å². The minimum atomic E-state index is -0.280. The number of carbonyl (C=O) groups is 1. The van der Waals surface area contributed by atoms with Crippen LogP contribution in [0.3, 0.4) is 0 Å². The second-order valence-electron chi connectivity index (χ2n) is 7.40. The molecule has 0 unspecified atom stereocenters. The molecule has 0 atom stereocenters. The van der Waals surface area contributed by atoms with E-state index in [1.54, 1.807) is 6.20 Å². The summed E-state index contributed by atoms with van der Waals surface area (Å²) in [7, 11) is 0. The second-order valence-corrected chi connectivity index (χ2v) is 7.40. The van der Waals surface area contributed by atoms with Crippen molar-refractivity contribution in [1.82, 2.24) is 30.4 Å². The highest BCUT2D eigenvalue weighted by molar-refractivity contribution is 5.97. The Labute approximate surface area is 185 Å². The third-order valence-electron chi connectivity index (χ3n) is 5.33. The first-order valence-corrected chi connectivity index (χ1v) is 10.5. The fraction of sp³-hybridized carbons (Fsp3) is 0.125. The van der Waals surface area contributed by atoms with Crippen molar-refractivity contribution in [2.45, 2.75) is 13.5 Å². The van der Waals surface area contributed by atoms with Crippen LogP contribution in [0, 0.1) is 0 Å². The molecule has 1 aromatic carbocycles. The monoisotopic (exact) mass is 425 g/mol. The van der Waals surface area contributed by atoms with Gasteiger partial charge < -0.3 is 20.9 Å². The van der Waals surface area contributed by atoms with Gasteiger partial charge in [0.2, 0.25) is 0 Å². The second kappa shape index (κ2) is 8.43. The maximum atomic E-state index is 12.3. The van der Waals surface area contributed by atoms with Gasteiger partial charge in [-0.15, -0.1) is 0 Å². The molecule has 5 rings (SSSR count). The first kappa shape index (κ1) is 19.6. The van der Waals surface area contributed by atoms with Gasteiger partial charge in [-0.1, -0.05) is 12.1 Å². The van der Waals surface area contributed by atoms with Gasteiger partial charge in [0.1, 0.15) is 11.3 Å². The van der Waals surface area contributed by atoms with Crippen molar-refractivity contribution in [3.63, 3.8) is 0 Å². The first-order chi connectivity index (χ1) is 15.7. The summed E-state index contributed by atoms with van der Waals surface area (Å²) in [6.07, 6.45) is 11.3. The van der Waals surface area contributed by atoms with E-state index in [9.17, 15) is 4.79 Å². The average molecular weight is 425 g/mol. The zero-order chi connectivity index (χ0) is 21.9. The van der Waals surface area contributed by atoms with Crippen LogP contribution in [-0.2, 0) is 6.54 Å². The summed E-state index contributed by atoms with van der Waals surface area (Å²) in [4.78, 5) is 19.8. The van der Waals surface area contributed by atoms with Crippen LogP contribution in [0.2, 0.25) is 0 Å². The number of rotatable bonds is 5. The van der Waals surface area contributed by atoms with E-state index in [2.05, 4.69) is 39.0 Å². The van der Waals surface area contributed by atoms with Gasteiger partial charge in [-0.25, -0.2) is 9.78 Å². The molecule has 8 nitrogen and oxygen atoms in total. The maximum Gasteiger partial charge on any atom is 0.323 e. The third-order valence-corrected chi connectivity index (χ3v) is 5.33. The number of aromatic amines is 1. The van der Waals surface area contributed by atoms with Gasteiger partial charge >= 0.3 is 6.03 Å². The number of hydrogen-bond acceptors (Lipinski definition) is 4. The van der Waals surface area contributed by atoms with Gasteiger partial charge in [-0.3, -0.25) is 4.68 Å². The average Bonchev–Trinajstić information content (AvgIpc) is 3.47. The van der Waals surface area contributed by atoms with Gasteiger partial charge in [0.25, 0.3) is 0 Å². The molecule has 3 aromatic heterocycles. The fourth-order valence-electron chi connectivity index (χ4n) is 3.74. The summed E-state index contributed by atoms with van der Waals surface area (Å²) in [5.41, 5.74) is 6.31. The molecule has 32 heavy (non-hydrogen) atoms. The highest BCUT2D eigenvalue weighted by atomic mass is 16.2. The lowest BCUT2D eigenvalue weighted by molar-refractivity contribution is 0.254. The Kier molecular flexibility index (Phi) is 5.17. The van der Waals surface area contributed by atoms with E-state index in [0.717, 1.165) is 45.7 Å². The summed E-state index contributed by atoms with van der Waals surface area (Å²) in [5.74, 6) is 0. The lowest BCUT2D eigenvalue weighted by atomic mass is 10.0. The van der Waals surface area contributed by atoms with Crippen LogP contribution >= 0.6 is 0 Å². The number of amides is 2. The van der Waals surface area contributed by atoms with E-state index in [-0.39, 0.29) is 6.03 Å². The number of hydrogen-bond donors (Lipinski definition) is 4. The van der Waals surface area contributed by atoms with Crippen LogP contribution < -0.4 is 16.0 Å². The highest BCUT2D eigenvalue weighted by Crippen LogP contribution is 2.35. The maximum absolute atomic E-state index is 12.3. The smallest absolute Gasteiger partial charge is 0.323 e. The molecule has 0 saturated heterocycles. The van der Waals surface area contributed by atoms with Crippen LogP contribution in [0.4, 0.5) is 10.5 Å². The van der Waals surface area contributed by atoms with E-state index >= 15 is 0 Å². The van der Waals surface area contributed by atoms with Gasteiger partial charge in [-0.05, 0) is 55.1 Å². The first-order valence-electron chi connectivity index (χ1n) is 10.5. The normalized spacial score (nSPS) is 13.0. The van der Waals surface area contributed by atoms with Crippen molar-refractivity contribution in [2.24, 2.45) is 0 Å². The fourth-order valence-corrected chi connectivity index (χ4v) is 3.74. The Hall–Kier alpha value is -4.33. The SMILES string of the molecule is CCn1cc(-c2ccnc3[nH]ccc23)c(-c2ccc(NC(=O)NC3=CCNC=C3)cc2)n1. The predicted molar refractivity (Wildman–Crippen MR) is 126 cm³/mol. The molecule has 4 heterocycles. The largest absolute Gasteiger partial charge is 0.387 e. The molecule has 160 valence electrons. The number of H-pyrrole nitrogens is 1. The van der Waals surface area contributed by atoms with E-state index in [1.165, 1.54) is 0 Å². The number of aromatic nitrogens is 4. The molecule has 4 N–H and O–H groups in total. The number of dihydropyridines is 1. The number of fused-ring (bicyclic) bond motifs is 1. The number of allylic oxidation sites excluding steroid dienone is 1. The number of pyridine rings is 1. The van der Waals surface area contributed by atoms with Gasteiger partial charge in [0, 0.05) is 59.6 Å². The van der Waals surface area contributed by atoms with Crippen molar-refractivity contribution in [1.29, 1.82) is 0 Å². The minimum Gasteiger partial charge on any atom is -0.387 e. The molecule has 0 spiro atoms. The Morgan fingerprint density at radius 3 is 2.78 bits per heavy atom. The molecule has 4 aromatic rings. The molecular weight excluding hydrogens is 402 g/mol. The van der Waals surface area contributed by atoms with Gasteiger partial charge in [0.15, 0.2) is 0 Å². The van der Waals surface area contributed by atoms with Crippen molar-refractivity contribution in [3.8, 4) is 22.4 Å². The summed E-state index contributed by atoms with van der Waals surface area (Å²) in [6.45, 7) is 3.53. The van der Waals surface area contributed by atoms with Crippen molar-refractivity contribution < 1.29 is 4.79 Å². The zero-order valence-corrected chi connectivity index (χ0v) is 17.6. The molecule has 1 aliphatic rings. The molecule has 0 saturated carbocycles. The molecule has 2 amide bonds. The minimum absolute atomic E-state index is 0.280. The molecule has 8 heteroatoms. The van der Waals surface area contributed by atoms with Crippen molar-refractivity contribution >= 4 is 22.8 Å². The van der Waals surface area contributed by atoms with Gasteiger partial charge in [-0.2, -0.15) is 5.10 Å². The number of nitrogens with one attached hydrogen (secondary N) is 4. The van der Waals surface area contributed by atoms with Crippen LogP contribution in [0.5, 0.6) is 0 Å². The van der Waals surface area contributed by atoms with Gasteiger partial charge in [0.05, 0.1) is 0 Å². The standard InChI is InChI=1S/C24H23N7O/c1-2-31-15-21(19-9-13-26-23-20(19)10-14-27-23)22(30-31)16-3-5-17(6-4-16)28-24(32)29-18-7-11-25-12-8-18/h3-11,13-15,25H,2,12H2,1H3,(H,26,27)(H2,28,29,32). The summed E-state index contributed by atoms with van der Waals surface area (Å²) in [5, 5.41) is 14.6. The van der Waals surface area contributed by atoms with E-state index < -0.39 is 0 Å². The lowest BCUT2D eigenvalue weighted by Crippen LogP contribution is -2.29. The molecule has 0 radical (unpaired) electrons. The predicted octanol–water partition coefficient (Wildman–Crippen LogP) is 4.24. The number of urea groups is 1. The number of carbonyl (C=O) groups excluding carboxylic acids is 1. The number of anilines is 1. The summed E-state index contributed by atoms with van der Waals surface area (Å²) in [6, 6.07) is 11.5. The number of benzene rings is 1. The highest BCUT2D eigenvalue weighted by Gasteiger charge is 2.16. The molecular formula is C24H23N7O. The molecule has 0 fully saturated rings. The van der Waals surface area contributed by atoms with E-state index in [1.807, 2.05) is 65.6 Å². The Bertz CT molecular complexity index is 1330. The number of nitrogens with zero attached hydrogens (tertiary/aromatic N) is 3. The Morgan fingerprint density at radius 1 is 1.12 bits per heavy atom. The Balaban J connectivity index is 1.41. The van der Waals surface area contributed by atoms with Crippen LogP contribution in [-0.4, -0.2) is 32.3 Å². The lowest BCUT2D eigenvalue weighted by Gasteiger charge is -2.11.